The molecule has 0 fully saturated rings. The van der Waals surface area contributed by atoms with Crippen LogP contribution in [0.4, 0.5) is 0 Å². The Morgan fingerprint density at radius 3 is 1.30 bits per heavy atom. The summed E-state index contributed by atoms with van der Waals surface area (Å²) in [6, 6.07) is 39.6. The van der Waals surface area contributed by atoms with Crippen LogP contribution in [0.25, 0.3) is 33.9 Å². The van der Waals surface area contributed by atoms with E-state index in [1.165, 1.54) is 46.8 Å². The van der Waals surface area contributed by atoms with Crippen LogP contribution in [0.5, 0.6) is 5.75 Å². The maximum atomic E-state index is 12.9. The number of nitriles is 2. The van der Waals surface area contributed by atoms with Crippen LogP contribution in [0.15, 0.2) is 143 Å². The summed E-state index contributed by atoms with van der Waals surface area (Å²) < 4.78 is 64.4. The Hall–Kier alpha value is -5.63. The van der Waals surface area contributed by atoms with Gasteiger partial charge in [-0.3, -0.25) is 0 Å². The maximum Gasteiger partial charge on any atom is 0.241 e. The van der Waals surface area contributed by atoms with Gasteiger partial charge in [0.2, 0.25) is 20.0 Å². The molecule has 0 spiro atoms. The summed E-state index contributed by atoms with van der Waals surface area (Å²) in [6.07, 6.45) is 0. The van der Waals surface area contributed by atoms with Gasteiger partial charge in [-0.15, -0.1) is 0 Å². The van der Waals surface area contributed by atoms with Gasteiger partial charge >= 0.3 is 0 Å². The molecular formula is C47H31Cl7N8O5S2. The van der Waals surface area contributed by atoms with Crippen molar-refractivity contribution in [3.8, 4) is 51.8 Å². The summed E-state index contributed by atoms with van der Waals surface area (Å²) >= 11 is 43.0. The van der Waals surface area contributed by atoms with Gasteiger partial charge in [-0.05, 0) is 91.0 Å². The maximum absolute atomic E-state index is 12.9. The second-order valence-electron chi connectivity index (χ2n) is 14.4. The van der Waals surface area contributed by atoms with Crippen LogP contribution in [0.2, 0.25) is 35.2 Å². The molecule has 2 heterocycles. The lowest BCUT2D eigenvalue weighted by molar-refractivity contribution is 0.413. The minimum Gasteiger partial charge on any atom is -0.497 e. The fraction of sp³-hybridized carbons (Fsp3) is 0.0638. The van der Waals surface area contributed by atoms with Crippen molar-refractivity contribution in [1.82, 2.24) is 29.0 Å². The minimum atomic E-state index is -3.92. The van der Waals surface area contributed by atoms with Crippen molar-refractivity contribution < 1.29 is 21.6 Å². The standard InChI is InChI=1S/C24H17Cl3N4O3S.C23H14Cl4N4O2S/c1-34-18-3-2-4-19(12-18)35(32,33)29-14-22-20(13-28)24(15-5-7-16(25)8-6-15)31(30-22)23-10-9-17(26)11-21(23)27;24-15-6-4-14(5-7-15)23-19(12-28)21(30-31(23)22-9-8-17(26)11-20(22)27)13-29-34(32,33)18-3-1-2-16(25)10-18/h2-12,29H,14H2,1H3;1-11,29H,13H2. The van der Waals surface area contributed by atoms with Crippen LogP contribution in [-0.4, -0.2) is 43.5 Å². The zero-order valence-corrected chi connectivity index (χ0v) is 42.2. The Morgan fingerprint density at radius 1 is 0.522 bits per heavy atom. The van der Waals surface area contributed by atoms with Gasteiger partial charge < -0.3 is 4.74 Å². The normalized spacial score (nSPS) is 11.3. The molecule has 2 aromatic heterocycles. The molecule has 6 aromatic carbocycles. The lowest BCUT2D eigenvalue weighted by atomic mass is 10.1. The van der Waals surface area contributed by atoms with Crippen molar-refractivity contribution in [2.75, 3.05) is 7.11 Å². The van der Waals surface area contributed by atoms with Crippen molar-refractivity contribution in [3.05, 3.63) is 191 Å². The second kappa shape index (κ2) is 22.0. The van der Waals surface area contributed by atoms with E-state index in [-0.39, 0.29) is 50.4 Å². The molecule has 0 aliphatic rings. The number of hydrogen-bond acceptors (Lipinski definition) is 9. The van der Waals surface area contributed by atoms with Crippen molar-refractivity contribution in [1.29, 1.82) is 10.5 Å². The van der Waals surface area contributed by atoms with E-state index in [9.17, 15) is 27.4 Å². The lowest BCUT2D eigenvalue weighted by Crippen LogP contribution is -2.24. The summed E-state index contributed by atoms with van der Waals surface area (Å²) in [5, 5.41) is 31.9. The second-order valence-corrected chi connectivity index (χ2v) is 20.9. The van der Waals surface area contributed by atoms with Crippen molar-refractivity contribution in [2.45, 2.75) is 22.9 Å². The third-order valence-electron chi connectivity index (χ3n) is 9.97. The smallest absolute Gasteiger partial charge is 0.241 e. The van der Waals surface area contributed by atoms with Gasteiger partial charge in [0.25, 0.3) is 0 Å². The molecule has 0 atom stereocenters. The molecule has 13 nitrogen and oxygen atoms in total. The third-order valence-corrected chi connectivity index (χ3v) is 14.6. The van der Waals surface area contributed by atoms with Gasteiger partial charge in [0.15, 0.2) is 0 Å². The first-order valence-corrected chi connectivity index (χ1v) is 25.4. The highest BCUT2D eigenvalue weighted by Crippen LogP contribution is 2.35. The van der Waals surface area contributed by atoms with E-state index in [2.05, 4.69) is 31.8 Å². The SMILES string of the molecule is COc1cccc(S(=O)(=O)NCc2nn(-c3ccc(Cl)cc3Cl)c(-c3ccc(Cl)cc3)c2C#N)c1.N#Cc1c(CNS(=O)(=O)c2cccc(Cl)c2)nn(-c2ccc(Cl)cc2Cl)c1-c1ccc(Cl)cc1. The van der Waals surface area contributed by atoms with E-state index >= 15 is 0 Å². The van der Waals surface area contributed by atoms with Crippen molar-refractivity contribution >= 4 is 101 Å². The molecule has 0 bridgehead atoms. The number of sulfonamides is 2. The molecule has 8 rings (SSSR count). The quantitative estimate of drug-likeness (QED) is 0.113. The third kappa shape index (κ3) is 11.9. The van der Waals surface area contributed by atoms with Crippen molar-refractivity contribution in [2.24, 2.45) is 0 Å². The molecule has 0 aliphatic carbocycles. The molecule has 8 aromatic rings. The van der Waals surface area contributed by atoms with Crippen LogP contribution >= 0.6 is 81.2 Å². The number of methoxy groups -OCH3 is 1. The van der Waals surface area contributed by atoms with Gasteiger partial charge in [-0.1, -0.05) is 118 Å². The molecule has 0 amide bonds. The Labute approximate surface area is 432 Å². The summed E-state index contributed by atoms with van der Waals surface area (Å²) in [7, 11) is -6.38. The number of hydrogen-bond donors (Lipinski definition) is 2. The van der Waals surface area contributed by atoms with Crippen LogP contribution in [0.1, 0.15) is 22.5 Å². The first-order valence-electron chi connectivity index (χ1n) is 19.8. The highest BCUT2D eigenvalue weighted by Gasteiger charge is 2.26. The van der Waals surface area contributed by atoms with Crippen LogP contribution in [0, 0.1) is 22.7 Å². The van der Waals surface area contributed by atoms with Gasteiger partial charge in [-0.25, -0.2) is 35.6 Å². The highest BCUT2D eigenvalue weighted by molar-refractivity contribution is 7.89. The van der Waals surface area contributed by atoms with E-state index in [1.807, 2.05) is 0 Å². The summed E-state index contributed by atoms with van der Waals surface area (Å²) in [4.78, 5) is 0.0186. The minimum absolute atomic E-state index is 0.00314. The first kappa shape index (κ1) is 51.2. The topological polar surface area (TPSA) is 185 Å². The average molecular weight is 1100 g/mol. The molecule has 0 saturated heterocycles. The van der Waals surface area contributed by atoms with E-state index in [0.29, 0.717) is 69.8 Å². The predicted molar refractivity (Wildman–Crippen MR) is 270 cm³/mol. The van der Waals surface area contributed by atoms with E-state index in [1.54, 1.807) is 103 Å². The number of rotatable bonds is 13. The van der Waals surface area contributed by atoms with E-state index in [0.717, 1.165) is 0 Å². The predicted octanol–water partition coefficient (Wildman–Crippen LogP) is 12.4. The molecule has 0 aliphatic heterocycles. The van der Waals surface area contributed by atoms with Gasteiger partial charge in [0.05, 0.1) is 74.2 Å². The molecule has 0 unspecified atom stereocenters. The Bertz CT molecular complexity index is 3540. The van der Waals surface area contributed by atoms with E-state index < -0.39 is 20.0 Å². The number of ether oxygens (including phenoxy) is 1. The summed E-state index contributed by atoms with van der Waals surface area (Å²) in [5.41, 5.74) is 3.89. The zero-order chi connectivity index (χ0) is 49.6. The average Bonchev–Trinajstić information content (AvgIpc) is 3.89. The van der Waals surface area contributed by atoms with Crippen molar-refractivity contribution in [3.63, 3.8) is 0 Å². The molecule has 2 N–H and O–H groups in total. The molecule has 350 valence electrons. The molecular weight excluding hydrogens is 1070 g/mol. The lowest BCUT2D eigenvalue weighted by Gasteiger charge is -2.10. The first-order chi connectivity index (χ1) is 32.9. The van der Waals surface area contributed by atoms with Crippen LogP contribution in [0.3, 0.4) is 0 Å². The molecule has 69 heavy (non-hydrogen) atoms. The number of halogens is 7. The summed E-state index contributed by atoms with van der Waals surface area (Å²) in [5.74, 6) is 0.400. The van der Waals surface area contributed by atoms with Crippen LogP contribution in [-0.2, 0) is 33.1 Å². The van der Waals surface area contributed by atoms with Gasteiger partial charge in [0.1, 0.15) is 29.0 Å². The Balaban J connectivity index is 0.000000204. The zero-order valence-electron chi connectivity index (χ0n) is 35.3. The van der Waals surface area contributed by atoms with Crippen LogP contribution < -0.4 is 14.2 Å². The number of benzene rings is 6. The number of nitrogens with one attached hydrogen (secondary N) is 2. The molecule has 0 radical (unpaired) electrons. The highest BCUT2D eigenvalue weighted by atomic mass is 35.5. The monoisotopic (exact) mass is 1100 g/mol. The van der Waals surface area contributed by atoms with Gasteiger partial charge in [-0.2, -0.15) is 20.7 Å². The molecule has 0 saturated carbocycles. The Morgan fingerprint density at radius 2 is 0.913 bits per heavy atom. The fourth-order valence-electron chi connectivity index (χ4n) is 6.71. The number of aromatic nitrogens is 4. The molecule has 22 heteroatoms. The Kier molecular flexibility index (Phi) is 16.3. The summed E-state index contributed by atoms with van der Waals surface area (Å²) in [6.45, 7) is -0.474. The number of nitrogens with zero attached hydrogens (tertiary/aromatic N) is 6. The largest absolute Gasteiger partial charge is 0.497 e. The van der Waals surface area contributed by atoms with E-state index in [4.69, 9.17) is 85.9 Å². The van der Waals surface area contributed by atoms with Gasteiger partial charge in [0, 0.05) is 42.3 Å². The fourth-order valence-corrected chi connectivity index (χ4v) is 10.2.